The molecule has 1 aliphatic rings. The standard InChI is InChI=1S/C12H13N/c1-10-7-8-13-12(10)9-11-5-3-2-4-6-11/h2-8,12H,9H2,1H3. The van der Waals surface area contributed by atoms with Crippen LogP contribution in [0.15, 0.2) is 47.0 Å². The van der Waals surface area contributed by atoms with Crippen molar-refractivity contribution in [3.8, 4) is 0 Å². The highest BCUT2D eigenvalue weighted by Gasteiger charge is 2.11. The van der Waals surface area contributed by atoms with Crippen molar-refractivity contribution in [2.24, 2.45) is 4.99 Å². The first-order chi connectivity index (χ1) is 6.36. The molecule has 1 heterocycles. The van der Waals surface area contributed by atoms with Gasteiger partial charge >= 0.3 is 0 Å². The van der Waals surface area contributed by atoms with Gasteiger partial charge in [0.15, 0.2) is 0 Å². The van der Waals surface area contributed by atoms with Crippen molar-refractivity contribution in [2.45, 2.75) is 19.4 Å². The lowest BCUT2D eigenvalue weighted by Crippen LogP contribution is -2.06. The molecule has 0 N–H and O–H groups in total. The van der Waals surface area contributed by atoms with Gasteiger partial charge in [0, 0.05) is 6.21 Å². The number of allylic oxidation sites excluding steroid dienone is 1. The Kier molecular flexibility index (Phi) is 2.26. The topological polar surface area (TPSA) is 12.4 Å². The number of rotatable bonds is 2. The summed E-state index contributed by atoms with van der Waals surface area (Å²) in [6.07, 6.45) is 5.02. The number of aliphatic imine (C=N–C) groups is 1. The van der Waals surface area contributed by atoms with Gasteiger partial charge in [0.2, 0.25) is 0 Å². The van der Waals surface area contributed by atoms with Gasteiger partial charge in [-0.3, -0.25) is 4.99 Å². The van der Waals surface area contributed by atoms with Gasteiger partial charge in [-0.05, 0) is 30.6 Å². The van der Waals surface area contributed by atoms with Crippen LogP contribution in [0.1, 0.15) is 12.5 Å². The lowest BCUT2D eigenvalue weighted by Gasteiger charge is -2.08. The second-order valence-corrected chi connectivity index (χ2v) is 3.41. The third-order valence-electron chi connectivity index (χ3n) is 2.40. The molecule has 0 fully saturated rings. The van der Waals surface area contributed by atoms with E-state index in [1.165, 1.54) is 11.1 Å². The highest BCUT2D eigenvalue weighted by molar-refractivity contribution is 5.75. The minimum Gasteiger partial charge on any atom is -0.285 e. The van der Waals surface area contributed by atoms with Crippen LogP contribution >= 0.6 is 0 Å². The molecule has 1 heteroatoms. The fraction of sp³-hybridized carbons (Fsp3) is 0.250. The van der Waals surface area contributed by atoms with Crippen molar-refractivity contribution >= 4 is 6.21 Å². The number of benzene rings is 1. The summed E-state index contributed by atoms with van der Waals surface area (Å²) in [5, 5.41) is 0. The monoisotopic (exact) mass is 171 g/mol. The maximum Gasteiger partial charge on any atom is 0.0750 e. The van der Waals surface area contributed by atoms with Gasteiger partial charge in [-0.25, -0.2) is 0 Å². The van der Waals surface area contributed by atoms with E-state index in [0.29, 0.717) is 6.04 Å². The largest absolute Gasteiger partial charge is 0.285 e. The first-order valence-electron chi connectivity index (χ1n) is 4.60. The van der Waals surface area contributed by atoms with Crippen LogP contribution < -0.4 is 0 Å². The van der Waals surface area contributed by atoms with E-state index in [1.54, 1.807) is 0 Å². The molecule has 0 aromatic heterocycles. The molecule has 1 aromatic carbocycles. The van der Waals surface area contributed by atoms with Crippen molar-refractivity contribution in [2.75, 3.05) is 0 Å². The zero-order chi connectivity index (χ0) is 9.10. The lowest BCUT2D eigenvalue weighted by molar-refractivity contribution is 0.783. The highest BCUT2D eigenvalue weighted by atomic mass is 14.8. The van der Waals surface area contributed by atoms with Crippen molar-refractivity contribution in [1.82, 2.24) is 0 Å². The minimum absolute atomic E-state index is 0.377. The van der Waals surface area contributed by atoms with Gasteiger partial charge in [0.25, 0.3) is 0 Å². The van der Waals surface area contributed by atoms with Crippen molar-refractivity contribution in [3.63, 3.8) is 0 Å². The van der Waals surface area contributed by atoms with E-state index < -0.39 is 0 Å². The van der Waals surface area contributed by atoms with Gasteiger partial charge in [-0.15, -0.1) is 0 Å². The van der Waals surface area contributed by atoms with Crippen molar-refractivity contribution < 1.29 is 0 Å². The van der Waals surface area contributed by atoms with Gasteiger partial charge in [0.1, 0.15) is 0 Å². The Morgan fingerprint density at radius 3 is 2.62 bits per heavy atom. The number of nitrogens with zero attached hydrogens (tertiary/aromatic N) is 1. The molecule has 0 saturated carbocycles. The summed E-state index contributed by atoms with van der Waals surface area (Å²) >= 11 is 0. The first-order valence-corrected chi connectivity index (χ1v) is 4.60. The second-order valence-electron chi connectivity index (χ2n) is 3.41. The van der Waals surface area contributed by atoms with Crippen molar-refractivity contribution in [3.05, 3.63) is 47.5 Å². The Labute approximate surface area is 78.8 Å². The maximum atomic E-state index is 4.39. The molecule has 13 heavy (non-hydrogen) atoms. The van der Waals surface area contributed by atoms with Crippen LogP contribution in [0.4, 0.5) is 0 Å². The summed E-state index contributed by atoms with van der Waals surface area (Å²) in [6, 6.07) is 10.9. The lowest BCUT2D eigenvalue weighted by atomic mass is 10.0. The van der Waals surface area contributed by atoms with E-state index in [2.05, 4.69) is 42.3 Å². The van der Waals surface area contributed by atoms with Crippen LogP contribution in [0.5, 0.6) is 0 Å². The van der Waals surface area contributed by atoms with Crippen molar-refractivity contribution in [1.29, 1.82) is 0 Å². The average Bonchev–Trinajstić information content (AvgIpc) is 2.54. The minimum atomic E-state index is 0.377. The Balaban J connectivity index is 2.07. The Hall–Kier alpha value is -1.37. The molecule has 1 aromatic rings. The number of hydrogen-bond acceptors (Lipinski definition) is 1. The molecule has 0 aliphatic carbocycles. The normalized spacial score (nSPS) is 20.4. The van der Waals surface area contributed by atoms with Gasteiger partial charge in [-0.1, -0.05) is 30.3 Å². The van der Waals surface area contributed by atoms with Crippen LogP contribution in [0.2, 0.25) is 0 Å². The quantitative estimate of drug-likeness (QED) is 0.648. The van der Waals surface area contributed by atoms with E-state index in [1.807, 2.05) is 12.3 Å². The third kappa shape index (κ3) is 1.86. The SMILES string of the molecule is CC1=CC=NC1Cc1ccccc1. The van der Waals surface area contributed by atoms with E-state index >= 15 is 0 Å². The van der Waals surface area contributed by atoms with E-state index in [4.69, 9.17) is 0 Å². The zero-order valence-electron chi connectivity index (χ0n) is 7.77. The molecular weight excluding hydrogens is 158 g/mol. The van der Waals surface area contributed by atoms with E-state index in [9.17, 15) is 0 Å². The van der Waals surface area contributed by atoms with Crippen LogP contribution in [-0.4, -0.2) is 12.3 Å². The summed E-state index contributed by atoms with van der Waals surface area (Å²) in [4.78, 5) is 4.39. The molecule has 0 radical (unpaired) electrons. The predicted octanol–water partition coefficient (Wildman–Crippen LogP) is 2.63. The Morgan fingerprint density at radius 1 is 1.23 bits per heavy atom. The summed E-state index contributed by atoms with van der Waals surface area (Å²) in [7, 11) is 0. The van der Waals surface area contributed by atoms with Gasteiger partial charge in [0.05, 0.1) is 6.04 Å². The molecule has 0 saturated heterocycles. The maximum absolute atomic E-state index is 4.39. The molecule has 0 spiro atoms. The van der Waals surface area contributed by atoms with Crippen LogP contribution in [-0.2, 0) is 6.42 Å². The fourth-order valence-electron chi connectivity index (χ4n) is 1.54. The van der Waals surface area contributed by atoms with Crippen LogP contribution in [0, 0.1) is 0 Å². The average molecular weight is 171 g/mol. The molecule has 1 nitrogen and oxygen atoms in total. The number of hydrogen-bond donors (Lipinski definition) is 0. The smallest absolute Gasteiger partial charge is 0.0750 e. The first kappa shape index (κ1) is 8.24. The third-order valence-corrected chi connectivity index (χ3v) is 2.40. The highest BCUT2D eigenvalue weighted by Crippen LogP contribution is 2.15. The van der Waals surface area contributed by atoms with Gasteiger partial charge < -0.3 is 0 Å². The van der Waals surface area contributed by atoms with Crippen LogP contribution in [0.25, 0.3) is 0 Å². The molecular formula is C12H13N. The molecule has 1 unspecified atom stereocenters. The summed E-state index contributed by atoms with van der Waals surface area (Å²) in [5.74, 6) is 0. The Morgan fingerprint density at radius 2 is 2.00 bits per heavy atom. The molecule has 66 valence electrons. The zero-order valence-corrected chi connectivity index (χ0v) is 7.77. The van der Waals surface area contributed by atoms with Crippen LogP contribution in [0.3, 0.4) is 0 Å². The molecule has 2 rings (SSSR count). The fourth-order valence-corrected chi connectivity index (χ4v) is 1.54. The van der Waals surface area contributed by atoms with Gasteiger partial charge in [-0.2, -0.15) is 0 Å². The summed E-state index contributed by atoms with van der Waals surface area (Å²) < 4.78 is 0. The molecule has 0 amide bonds. The molecule has 0 bridgehead atoms. The predicted molar refractivity (Wildman–Crippen MR) is 56.2 cm³/mol. The Bertz CT molecular complexity index is 335. The summed E-state index contributed by atoms with van der Waals surface area (Å²) in [5.41, 5.74) is 2.73. The molecule has 1 atom stereocenters. The molecule has 1 aliphatic heterocycles. The summed E-state index contributed by atoms with van der Waals surface area (Å²) in [6.45, 7) is 2.14. The van der Waals surface area contributed by atoms with E-state index in [-0.39, 0.29) is 0 Å². The van der Waals surface area contributed by atoms with E-state index in [0.717, 1.165) is 6.42 Å². The second kappa shape index (κ2) is 3.56.